The van der Waals surface area contributed by atoms with Crippen molar-refractivity contribution in [2.24, 2.45) is 4.99 Å². The van der Waals surface area contributed by atoms with Crippen LogP contribution >= 0.6 is 11.3 Å². The molecular weight excluding hydrogens is 368 g/mol. The summed E-state index contributed by atoms with van der Waals surface area (Å²) in [6, 6.07) is 10.5. The molecular formula is C22H26N4OS. The van der Waals surface area contributed by atoms with Crippen LogP contribution in [0.4, 0.5) is 0 Å². The summed E-state index contributed by atoms with van der Waals surface area (Å²) in [5.74, 6) is 2.68. The van der Waals surface area contributed by atoms with Crippen molar-refractivity contribution in [2.45, 2.75) is 52.5 Å². The zero-order chi connectivity index (χ0) is 19.5. The highest BCUT2D eigenvalue weighted by molar-refractivity contribution is 7.15. The molecule has 146 valence electrons. The maximum atomic E-state index is 5.31. The Morgan fingerprint density at radius 1 is 1.11 bits per heavy atom. The van der Waals surface area contributed by atoms with E-state index >= 15 is 0 Å². The van der Waals surface area contributed by atoms with Crippen molar-refractivity contribution < 1.29 is 4.74 Å². The Hall–Kier alpha value is -2.47. The number of aryl methyl sites for hydroxylation is 2. The summed E-state index contributed by atoms with van der Waals surface area (Å²) in [4.78, 5) is 6.33. The van der Waals surface area contributed by atoms with E-state index in [0.717, 1.165) is 35.1 Å². The maximum Gasteiger partial charge on any atom is 0.160 e. The predicted octanol–water partition coefficient (Wildman–Crippen LogP) is 5.12. The first kappa shape index (κ1) is 18.9. The lowest BCUT2D eigenvalue weighted by Gasteiger charge is -2.08. The fraction of sp³-hybridized carbons (Fsp3) is 0.409. The molecule has 0 radical (unpaired) electrons. The molecule has 0 fully saturated rings. The van der Waals surface area contributed by atoms with E-state index in [1.807, 2.05) is 30.4 Å². The lowest BCUT2D eigenvalue weighted by molar-refractivity contribution is 0.415. The average Bonchev–Trinajstić information content (AvgIpc) is 3.25. The zero-order valence-corrected chi connectivity index (χ0v) is 17.6. The van der Waals surface area contributed by atoms with E-state index in [4.69, 9.17) is 9.73 Å². The van der Waals surface area contributed by atoms with Gasteiger partial charge in [0.2, 0.25) is 0 Å². The van der Waals surface area contributed by atoms with Gasteiger partial charge in [-0.1, -0.05) is 26.2 Å². The number of aliphatic imine (C=N–C) groups is 1. The van der Waals surface area contributed by atoms with Gasteiger partial charge in [0.25, 0.3) is 0 Å². The fourth-order valence-electron chi connectivity index (χ4n) is 3.62. The highest BCUT2D eigenvalue weighted by Gasteiger charge is 2.24. The van der Waals surface area contributed by atoms with Crippen LogP contribution in [-0.2, 0) is 13.0 Å². The third kappa shape index (κ3) is 3.61. The van der Waals surface area contributed by atoms with Crippen molar-refractivity contribution in [1.29, 1.82) is 0 Å². The Bertz CT molecular complexity index is 985. The molecule has 0 aliphatic carbocycles. The van der Waals surface area contributed by atoms with Gasteiger partial charge in [0, 0.05) is 16.0 Å². The number of thiophene rings is 1. The molecule has 5 nitrogen and oxygen atoms in total. The molecule has 3 heterocycles. The van der Waals surface area contributed by atoms with Crippen molar-refractivity contribution in [3.05, 3.63) is 58.0 Å². The molecule has 0 N–H and O–H groups in total. The molecule has 0 atom stereocenters. The van der Waals surface area contributed by atoms with Crippen molar-refractivity contribution in [3.8, 4) is 10.8 Å². The highest BCUT2D eigenvalue weighted by atomic mass is 32.1. The first-order valence-electron chi connectivity index (χ1n) is 9.94. The predicted molar refractivity (Wildman–Crippen MR) is 114 cm³/mol. The molecule has 28 heavy (non-hydrogen) atoms. The first-order chi connectivity index (χ1) is 13.7. The van der Waals surface area contributed by atoms with Crippen molar-refractivity contribution >= 4 is 17.0 Å². The molecule has 4 rings (SSSR count). The van der Waals surface area contributed by atoms with Gasteiger partial charge in [-0.2, -0.15) is 0 Å². The Morgan fingerprint density at radius 2 is 1.93 bits per heavy atom. The quantitative estimate of drug-likeness (QED) is 0.523. The SMILES string of the molecule is CCCCCCc1cc2c(s1)-n1c(C)nnc1CN=C2c1ccc(OC)cc1. The molecule has 6 heteroatoms. The van der Waals surface area contributed by atoms with Gasteiger partial charge in [-0.25, -0.2) is 0 Å². The van der Waals surface area contributed by atoms with Crippen LogP contribution < -0.4 is 4.74 Å². The Kier molecular flexibility index (Phi) is 5.57. The third-order valence-electron chi connectivity index (χ3n) is 5.13. The van der Waals surface area contributed by atoms with Crippen LogP contribution in [0.3, 0.4) is 0 Å². The zero-order valence-electron chi connectivity index (χ0n) is 16.7. The summed E-state index contributed by atoms with van der Waals surface area (Å²) >= 11 is 1.85. The monoisotopic (exact) mass is 394 g/mol. The van der Waals surface area contributed by atoms with E-state index in [-0.39, 0.29) is 0 Å². The van der Waals surface area contributed by atoms with Gasteiger partial charge in [-0.05, 0) is 50.1 Å². The normalized spacial score (nSPS) is 12.9. The van der Waals surface area contributed by atoms with Gasteiger partial charge in [-0.15, -0.1) is 21.5 Å². The molecule has 1 aromatic carbocycles. The van der Waals surface area contributed by atoms with Crippen LogP contribution in [0.15, 0.2) is 35.3 Å². The van der Waals surface area contributed by atoms with Crippen LogP contribution in [0, 0.1) is 6.92 Å². The number of nitrogens with zero attached hydrogens (tertiary/aromatic N) is 4. The molecule has 0 amide bonds. The Balaban J connectivity index is 1.74. The maximum absolute atomic E-state index is 5.31. The molecule has 0 saturated carbocycles. The van der Waals surface area contributed by atoms with Crippen LogP contribution in [0.2, 0.25) is 0 Å². The summed E-state index contributed by atoms with van der Waals surface area (Å²) in [7, 11) is 1.69. The summed E-state index contributed by atoms with van der Waals surface area (Å²) < 4.78 is 7.49. The van der Waals surface area contributed by atoms with Gasteiger partial charge >= 0.3 is 0 Å². The van der Waals surface area contributed by atoms with E-state index in [2.05, 4.69) is 39.9 Å². The molecule has 1 aliphatic rings. The molecule has 2 aromatic heterocycles. The number of fused-ring (bicyclic) bond motifs is 3. The largest absolute Gasteiger partial charge is 0.497 e. The minimum Gasteiger partial charge on any atom is -0.497 e. The number of methoxy groups -OCH3 is 1. The lowest BCUT2D eigenvalue weighted by atomic mass is 10.0. The van der Waals surface area contributed by atoms with Crippen molar-refractivity contribution in [3.63, 3.8) is 0 Å². The molecule has 1 aliphatic heterocycles. The summed E-state index contributed by atoms with van der Waals surface area (Å²) in [6.45, 7) is 4.80. The minimum atomic E-state index is 0.537. The number of ether oxygens (including phenoxy) is 1. The number of hydrogen-bond donors (Lipinski definition) is 0. The smallest absolute Gasteiger partial charge is 0.160 e. The minimum absolute atomic E-state index is 0.537. The molecule has 3 aromatic rings. The van der Waals surface area contributed by atoms with E-state index in [0.29, 0.717) is 6.54 Å². The second-order valence-electron chi connectivity index (χ2n) is 7.13. The summed E-state index contributed by atoms with van der Waals surface area (Å²) in [5, 5.41) is 9.84. The van der Waals surface area contributed by atoms with E-state index in [9.17, 15) is 0 Å². The fourth-order valence-corrected chi connectivity index (χ4v) is 4.89. The van der Waals surface area contributed by atoms with Gasteiger partial charge in [-0.3, -0.25) is 9.56 Å². The third-order valence-corrected chi connectivity index (χ3v) is 6.31. The molecule has 0 unspecified atom stereocenters. The second-order valence-corrected chi connectivity index (χ2v) is 8.25. The van der Waals surface area contributed by atoms with E-state index in [1.54, 1.807) is 7.11 Å². The number of aromatic nitrogens is 3. The second kappa shape index (κ2) is 8.27. The van der Waals surface area contributed by atoms with Crippen LogP contribution in [0.1, 0.15) is 60.3 Å². The van der Waals surface area contributed by atoms with Crippen LogP contribution in [-0.4, -0.2) is 27.6 Å². The summed E-state index contributed by atoms with van der Waals surface area (Å²) in [6.07, 6.45) is 6.20. The van der Waals surface area contributed by atoms with Crippen LogP contribution in [0.25, 0.3) is 5.00 Å². The summed E-state index contributed by atoms with van der Waals surface area (Å²) in [5.41, 5.74) is 3.31. The van der Waals surface area contributed by atoms with Gasteiger partial charge in [0.05, 0.1) is 12.8 Å². The van der Waals surface area contributed by atoms with Gasteiger partial charge in [0.15, 0.2) is 5.82 Å². The van der Waals surface area contributed by atoms with Crippen molar-refractivity contribution in [2.75, 3.05) is 7.11 Å². The van der Waals surface area contributed by atoms with Gasteiger partial charge in [0.1, 0.15) is 23.1 Å². The highest BCUT2D eigenvalue weighted by Crippen LogP contribution is 2.34. The van der Waals surface area contributed by atoms with Gasteiger partial charge < -0.3 is 4.74 Å². The Morgan fingerprint density at radius 3 is 2.68 bits per heavy atom. The lowest BCUT2D eigenvalue weighted by Crippen LogP contribution is -2.05. The Labute approximate surface area is 170 Å². The van der Waals surface area contributed by atoms with Crippen LogP contribution in [0.5, 0.6) is 5.75 Å². The standard InChI is InChI=1S/C22H26N4OS/c1-4-5-6-7-8-18-13-19-21(16-9-11-17(27-3)12-10-16)23-14-20-25-24-15(2)26(20)22(19)28-18/h9-13H,4-8,14H2,1-3H3. The molecule has 0 spiro atoms. The molecule has 0 bridgehead atoms. The number of hydrogen-bond acceptors (Lipinski definition) is 5. The van der Waals surface area contributed by atoms with Crippen molar-refractivity contribution in [1.82, 2.24) is 14.8 Å². The number of unbranched alkanes of at least 4 members (excludes halogenated alkanes) is 3. The number of rotatable bonds is 7. The first-order valence-corrected chi connectivity index (χ1v) is 10.8. The number of benzene rings is 1. The topological polar surface area (TPSA) is 52.3 Å². The molecule has 0 saturated heterocycles. The van der Waals surface area contributed by atoms with E-state index in [1.165, 1.54) is 41.1 Å². The average molecular weight is 395 g/mol. The van der Waals surface area contributed by atoms with E-state index < -0.39 is 0 Å².